The highest BCUT2D eigenvalue weighted by molar-refractivity contribution is 6.18. The number of ether oxygens (including phenoxy) is 5. The molecule has 0 aliphatic heterocycles. The Bertz CT molecular complexity index is 1910. The van der Waals surface area contributed by atoms with E-state index in [4.69, 9.17) is 76.1 Å². The van der Waals surface area contributed by atoms with Crippen LogP contribution in [-0.2, 0) is 18.9 Å². The fourth-order valence-corrected chi connectivity index (χ4v) is 4.70. The molecule has 0 bridgehead atoms. The topological polar surface area (TPSA) is 296 Å². The molecule has 0 spiro atoms. The molecule has 0 amide bonds. The van der Waals surface area contributed by atoms with Crippen LogP contribution >= 0.6 is 11.6 Å². The van der Waals surface area contributed by atoms with E-state index in [0.29, 0.717) is 45.0 Å². The van der Waals surface area contributed by atoms with Gasteiger partial charge in [0.25, 0.3) is 0 Å². The van der Waals surface area contributed by atoms with Crippen LogP contribution in [0.25, 0.3) is 0 Å². The highest BCUT2D eigenvalue weighted by atomic mass is 35.5. The third-order valence-electron chi connectivity index (χ3n) is 9.62. The van der Waals surface area contributed by atoms with Crippen LogP contribution < -0.4 is 4.74 Å². The number of alkyl halides is 1. The van der Waals surface area contributed by atoms with E-state index in [0.717, 1.165) is 68.4 Å². The Hall–Kier alpha value is -4.73. The minimum atomic E-state index is -0.747. The number of aliphatic hydroxyl groups excluding tert-OH is 9. The number of halogens is 1. The SMILES string of the molecule is CC.CC.CC.CC.CC(C)C.CC(C)C.CC(C)C.CCC.CCC.CCC(C)O.CCC(O)CC.CCC(O)CCl.CCC(O)CO.CCC(O)COc1ccccc1.CCCC(C)O.CCCOC(=O)c1ccccc1C(=O)OCC(C)O.CCCOC(=O)c1ccccc1C(=O)OCCO. The van der Waals surface area contributed by atoms with Gasteiger partial charge in [-0.2, -0.15) is 0 Å². The van der Waals surface area contributed by atoms with Gasteiger partial charge in [-0.3, -0.25) is 0 Å². The lowest BCUT2D eigenvalue weighted by atomic mass is 10.1. The minimum Gasteiger partial charge on any atom is -0.491 e. The molecule has 0 aliphatic rings. The predicted octanol–water partition coefficient (Wildman–Crippen LogP) is 20.8. The average Bonchev–Trinajstić information content (AvgIpc) is 0.856. The van der Waals surface area contributed by atoms with Crippen molar-refractivity contribution in [3.63, 3.8) is 0 Å². The van der Waals surface area contributed by atoms with Crippen LogP contribution in [0.15, 0.2) is 78.9 Å². The first-order valence-electron chi connectivity index (χ1n) is 39.2. The maximum Gasteiger partial charge on any atom is 0.339 e. The first-order chi connectivity index (χ1) is 49.1. The molecule has 104 heavy (non-hydrogen) atoms. The molecule has 0 heterocycles. The van der Waals surface area contributed by atoms with Crippen molar-refractivity contribution in [3.8, 4) is 5.75 Å². The number of carbonyl (C=O) groups is 4. The quantitative estimate of drug-likeness (QED) is 0.0216. The van der Waals surface area contributed by atoms with Gasteiger partial charge in [0.1, 0.15) is 25.6 Å². The van der Waals surface area contributed by atoms with E-state index in [-0.39, 0.29) is 79.2 Å². The van der Waals surface area contributed by atoms with Crippen LogP contribution in [0, 0.1) is 17.8 Å². The largest absolute Gasteiger partial charge is 0.491 e. The first kappa shape index (κ1) is 132. The van der Waals surface area contributed by atoms with E-state index in [1.807, 2.05) is 148 Å². The average molecular weight is 1520 g/mol. The predicted molar refractivity (Wildman–Crippen MR) is 446 cm³/mol. The van der Waals surface area contributed by atoms with E-state index in [2.05, 4.69) is 96.9 Å². The summed E-state index contributed by atoms with van der Waals surface area (Å²) in [5.41, 5.74) is 0.636. The summed E-state index contributed by atoms with van der Waals surface area (Å²) in [6.07, 6.45) is 8.49. The zero-order valence-electron chi connectivity index (χ0n) is 73.0. The van der Waals surface area contributed by atoms with Crippen LogP contribution in [0.1, 0.15) is 347 Å². The van der Waals surface area contributed by atoms with Gasteiger partial charge in [0.05, 0.1) is 91.4 Å². The fourth-order valence-electron chi connectivity index (χ4n) is 4.49. The second kappa shape index (κ2) is 114. The normalized spacial score (nSPS) is 10.7. The molecule has 0 saturated heterocycles. The van der Waals surface area contributed by atoms with Crippen molar-refractivity contribution < 1.29 is 88.8 Å². The standard InChI is InChI=1S/C14H18O5.C13H16O5.C10H14O2.2C5H12O.C4H9ClO.C4H10O2.C4H10O.3C4H10.2C3H8.4C2H6/c1-3-8-18-13(16)11-6-4-5-7-12(11)14(17)19-9-10(2)15;1-2-8-17-12(15)10-5-3-4-6-11(10)13(16)18-9-7-14;1-2-9(11)8-12-10-6-4-3-5-7-10;1-3-4-5(2)6;1-3-5(6)4-2;2*1-2-4(6)3-5;1-3-4(2)5;3*1-4(2)3;2*1-3-2;4*1-2/h4-7,10,15H,3,8-9H2,1-2H3;3-6,14H,2,7-9H2,1H3;3-7,9,11H,2,8H2,1H3;2*5-6H,3-4H2,1-2H3;4,6H,2-3H2,1H3;4-6H,2-3H2,1H3;4-5H,3H2,1-2H3;3*4H,1-3H3;2*3H2,1-2H3;4*1-2H3. The Morgan fingerprint density at radius 3 is 0.788 bits per heavy atom. The van der Waals surface area contributed by atoms with Gasteiger partial charge in [-0.15, -0.1) is 11.6 Å². The van der Waals surface area contributed by atoms with Gasteiger partial charge in [0.2, 0.25) is 0 Å². The van der Waals surface area contributed by atoms with Gasteiger partial charge < -0.3 is 69.6 Å². The van der Waals surface area contributed by atoms with Crippen molar-refractivity contribution >= 4 is 35.5 Å². The van der Waals surface area contributed by atoms with Crippen molar-refractivity contribution in [1.82, 2.24) is 0 Å². The Labute approximate surface area is 646 Å². The highest BCUT2D eigenvalue weighted by Crippen LogP contribution is 2.14. The van der Waals surface area contributed by atoms with E-state index < -0.39 is 36.1 Å². The van der Waals surface area contributed by atoms with Crippen molar-refractivity contribution in [2.45, 2.75) is 348 Å². The van der Waals surface area contributed by atoms with E-state index in [9.17, 15) is 24.3 Å². The summed E-state index contributed by atoms with van der Waals surface area (Å²) in [6, 6.07) is 22.1. The van der Waals surface area contributed by atoms with Crippen LogP contribution in [-0.4, -0.2) is 165 Å². The number of carbonyl (C=O) groups excluding carboxylic acids is 4. The second-order valence-electron chi connectivity index (χ2n) is 23.8. The molecule has 18 nitrogen and oxygen atoms in total. The Kier molecular flexibility index (Phi) is 145. The number of hydrogen-bond acceptors (Lipinski definition) is 18. The lowest BCUT2D eigenvalue weighted by molar-refractivity contribution is 0.0288. The maximum absolute atomic E-state index is 11.8. The van der Waals surface area contributed by atoms with Gasteiger partial charge in [-0.25, -0.2) is 19.2 Å². The molecule has 0 aliphatic carbocycles. The number of esters is 4. The molecule has 9 N–H and O–H groups in total. The number of aliphatic hydroxyl groups is 9. The number of benzene rings is 3. The third kappa shape index (κ3) is 133. The van der Waals surface area contributed by atoms with Gasteiger partial charge in [0.15, 0.2) is 0 Å². The van der Waals surface area contributed by atoms with Crippen molar-refractivity contribution in [2.24, 2.45) is 17.8 Å². The summed E-state index contributed by atoms with van der Waals surface area (Å²) in [5, 5.41) is 77.5. The van der Waals surface area contributed by atoms with Crippen molar-refractivity contribution in [2.75, 3.05) is 52.1 Å². The lowest BCUT2D eigenvalue weighted by Crippen LogP contribution is -2.18. The molecule has 0 fully saturated rings. The van der Waals surface area contributed by atoms with Crippen molar-refractivity contribution in [3.05, 3.63) is 101 Å². The first-order valence-corrected chi connectivity index (χ1v) is 39.7. The lowest BCUT2D eigenvalue weighted by Gasteiger charge is -2.10. The molecular weight excluding hydrogens is 1340 g/mol. The molecule has 6 atom stereocenters. The second-order valence-corrected chi connectivity index (χ2v) is 24.1. The number of hydrogen-bond donors (Lipinski definition) is 9. The van der Waals surface area contributed by atoms with Crippen molar-refractivity contribution in [1.29, 1.82) is 0 Å². The molecule has 6 unspecified atom stereocenters. The van der Waals surface area contributed by atoms with Gasteiger partial charge >= 0.3 is 23.9 Å². The Morgan fingerprint density at radius 2 is 0.615 bits per heavy atom. The highest BCUT2D eigenvalue weighted by Gasteiger charge is 2.20. The third-order valence-corrected chi connectivity index (χ3v) is 9.97. The van der Waals surface area contributed by atoms with Gasteiger partial charge in [-0.1, -0.05) is 269 Å². The Morgan fingerprint density at radius 1 is 0.346 bits per heavy atom. The maximum atomic E-state index is 11.8. The van der Waals surface area contributed by atoms with E-state index >= 15 is 0 Å². The summed E-state index contributed by atoms with van der Waals surface area (Å²) in [7, 11) is 0. The van der Waals surface area contributed by atoms with Gasteiger partial charge in [-0.05, 0) is 133 Å². The number of rotatable bonds is 25. The molecule has 3 aromatic rings. The monoisotopic (exact) mass is 1520 g/mol. The molecule has 0 aromatic heterocycles. The molecule has 3 rings (SSSR count). The van der Waals surface area contributed by atoms with Crippen LogP contribution in [0.2, 0.25) is 0 Å². The van der Waals surface area contributed by atoms with Gasteiger partial charge in [0, 0.05) is 5.88 Å². The molecular formula is C85H171ClO18. The summed E-state index contributed by atoms with van der Waals surface area (Å²) >= 11 is 5.20. The van der Waals surface area contributed by atoms with Crippen LogP contribution in [0.5, 0.6) is 5.75 Å². The summed E-state index contributed by atoms with van der Waals surface area (Å²) in [6.45, 7) is 66.9. The summed E-state index contributed by atoms with van der Waals surface area (Å²) in [5.74, 6) is 1.28. The summed E-state index contributed by atoms with van der Waals surface area (Å²) < 4.78 is 24.9. The summed E-state index contributed by atoms with van der Waals surface area (Å²) in [4.78, 5) is 47.0. The fraction of sp³-hybridized carbons (Fsp3) is 0.741. The van der Waals surface area contributed by atoms with E-state index in [1.54, 1.807) is 31.2 Å². The molecule has 19 heteroatoms. The minimum absolute atomic E-state index is 0.0648. The number of para-hydroxylation sites is 1. The van der Waals surface area contributed by atoms with E-state index in [1.165, 1.54) is 44.0 Å². The molecule has 626 valence electrons. The Balaban J connectivity index is -0.0000000732. The van der Waals surface area contributed by atoms with Crippen LogP contribution in [0.3, 0.4) is 0 Å². The zero-order chi connectivity index (χ0) is 84.8. The van der Waals surface area contributed by atoms with Crippen LogP contribution in [0.4, 0.5) is 0 Å². The smallest absolute Gasteiger partial charge is 0.339 e. The molecule has 0 radical (unpaired) electrons. The zero-order valence-corrected chi connectivity index (χ0v) is 73.8. The molecule has 0 saturated carbocycles. The molecule has 3 aromatic carbocycles.